The number of carbonyl (C=O) groups excluding carboxylic acids is 1. The van der Waals surface area contributed by atoms with Gasteiger partial charge in [-0.3, -0.25) is 4.79 Å². The Hall–Kier alpha value is -1.71. The van der Waals surface area contributed by atoms with Gasteiger partial charge in [-0.05, 0) is 37.8 Å². The predicted molar refractivity (Wildman–Crippen MR) is 70.7 cm³/mol. The van der Waals surface area contributed by atoms with Crippen LogP contribution in [0.15, 0.2) is 18.2 Å². The van der Waals surface area contributed by atoms with Crippen molar-refractivity contribution >= 4 is 17.3 Å². The minimum absolute atomic E-state index is 0.0828. The van der Waals surface area contributed by atoms with Crippen LogP contribution in [-0.4, -0.2) is 18.6 Å². The largest absolute Gasteiger partial charge is 0.475 e. The lowest BCUT2D eigenvalue weighted by molar-refractivity contribution is -0.138. The maximum atomic E-state index is 12.5. The molecule has 0 atom stereocenters. The number of likely N-dealkylation sites (N-methyl/N-ethyl adjacent to an activating group) is 1. The van der Waals surface area contributed by atoms with Crippen LogP contribution in [0.2, 0.25) is 0 Å². The second kappa shape index (κ2) is 3.90. The molecule has 1 saturated carbocycles. The Morgan fingerprint density at radius 3 is 2.72 bits per heavy atom. The van der Waals surface area contributed by atoms with Crippen molar-refractivity contribution in [3.63, 3.8) is 0 Å². The van der Waals surface area contributed by atoms with Crippen LogP contribution in [0.4, 0.5) is 11.4 Å². The van der Waals surface area contributed by atoms with E-state index in [-0.39, 0.29) is 5.91 Å². The number of carbonyl (C=O) groups is 1. The second-order valence-corrected chi connectivity index (χ2v) is 5.25. The number of nitrogen functional groups attached to an aromatic ring is 1. The average molecular weight is 246 g/mol. The molecular weight excluding hydrogens is 228 g/mol. The molecule has 1 aromatic carbocycles. The lowest BCUT2D eigenvalue weighted by atomic mass is 9.82. The van der Waals surface area contributed by atoms with Gasteiger partial charge in [0.15, 0.2) is 5.60 Å². The number of hydrogen-bond donors (Lipinski definition) is 1. The number of benzene rings is 1. The molecule has 1 amide bonds. The summed E-state index contributed by atoms with van der Waals surface area (Å²) < 4.78 is 6.05. The molecule has 0 radical (unpaired) electrons. The van der Waals surface area contributed by atoms with E-state index in [2.05, 4.69) is 0 Å². The monoisotopic (exact) mass is 246 g/mol. The molecule has 3 rings (SSSR count). The van der Waals surface area contributed by atoms with Crippen LogP contribution in [0.3, 0.4) is 0 Å². The highest BCUT2D eigenvalue weighted by Gasteiger charge is 2.47. The number of anilines is 2. The fourth-order valence-electron chi connectivity index (χ4n) is 3.00. The molecule has 0 saturated heterocycles. The van der Waals surface area contributed by atoms with Gasteiger partial charge in [0.05, 0.1) is 5.69 Å². The van der Waals surface area contributed by atoms with E-state index in [9.17, 15) is 4.79 Å². The van der Waals surface area contributed by atoms with Crippen LogP contribution >= 0.6 is 0 Å². The molecule has 4 nitrogen and oxygen atoms in total. The van der Waals surface area contributed by atoms with Crippen molar-refractivity contribution in [2.45, 2.75) is 37.7 Å². The van der Waals surface area contributed by atoms with Crippen molar-refractivity contribution in [2.75, 3.05) is 17.7 Å². The van der Waals surface area contributed by atoms with Gasteiger partial charge in [-0.15, -0.1) is 0 Å². The quantitative estimate of drug-likeness (QED) is 0.715. The van der Waals surface area contributed by atoms with Gasteiger partial charge >= 0.3 is 0 Å². The second-order valence-electron chi connectivity index (χ2n) is 5.25. The fraction of sp³-hybridized carbons (Fsp3) is 0.500. The Labute approximate surface area is 107 Å². The minimum atomic E-state index is -0.645. The zero-order chi connectivity index (χ0) is 12.8. The van der Waals surface area contributed by atoms with E-state index in [0.29, 0.717) is 5.69 Å². The molecule has 1 aromatic rings. The molecule has 4 heteroatoms. The molecule has 1 spiro atoms. The van der Waals surface area contributed by atoms with Crippen molar-refractivity contribution in [1.29, 1.82) is 0 Å². The van der Waals surface area contributed by atoms with Gasteiger partial charge in [0, 0.05) is 18.8 Å². The van der Waals surface area contributed by atoms with Crippen LogP contribution < -0.4 is 15.4 Å². The Morgan fingerprint density at radius 1 is 1.28 bits per heavy atom. The molecular formula is C14H18N2O2. The SMILES string of the molecule is CN1C(=O)C2(CCCCC2)Oc2cc(N)ccc21. The summed E-state index contributed by atoms with van der Waals surface area (Å²) in [6, 6.07) is 5.46. The zero-order valence-corrected chi connectivity index (χ0v) is 10.6. The van der Waals surface area contributed by atoms with E-state index in [1.165, 1.54) is 6.42 Å². The number of rotatable bonds is 0. The highest BCUT2D eigenvalue weighted by molar-refractivity contribution is 6.02. The van der Waals surface area contributed by atoms with Crippen molar-refractivity contribution in [3.8, 4) is 5.75 Å². The zero-order valence-electron chi connectivity index (χ0n) is 10.6. The smallest absolute Gasteiger partial charge is 0.271 e. The highest BCUT2D eigenvalue weighted by atomic mass is 16.5. The normalized spacial score (nSPS) is 21.6. The first kappa shape index (κ1) is 11.4. The van der Waals surface area contributed by atoms with Crippen molar-refractivity contribution < 1.29 is 9.53 Å². The van der Waals surface area contributed by atoms with Gasteiger partial charge in [0.25, 0.3) is 5.91 Å². The molecule has 0 aromatic heterocycles. The molecule has 96 valence electrons. The van der Waals surface area contributed by atoms with Crippen LogP contribution in [0.5, 0.6) is 5.75 Å². The van der Waals surface area contributed by atoms with Crippen LogP contribution in [0, 0.1) is 0 Å². The third-order valence-electron chi connectivity index (χ3n) is 4.01. The fourth-order valence-corrected chi connectivity index (χ4v) is 3.00. The molecule has 1 aliphatic carbocycles. The predicted octanol–water partition coefficient (Wildman–Crippen LogP) is 2.33. The Kier molecular flexibility index (Phi) is 2.47. The third kappa shape index (κ3) is 1.55. The molecule has 1 heterocycles. The van der Waals surface area contributed by atoms with E-state index in [4.69, 9.17) is 10.5 Å². The minimum Gasteiger partial charge on any atom is -0.475 e. The summed E-state index contributed by atoms with van der Waals surface area (Å²) >= 11 is 0. The van der Waals surface area contributed by atoms with Crippen LogP contribution in [-0.2, 0) is 4.79 Å². The summed E-state index contributed by atoms with van der Waals surface area (Å²) in [7, 11) is 1.82. The highest BCUT2D eigenvalue weighted by Crippen LogP contribution is 2.43. The Bertz CT molecular complexity index is 493. The molecule has 1 aliphatic heterocycles. The number of ether oxygens (including phenoxy) is 1. The lowest BCUT2D eigenvalue weighted by Crippen LogP contribution is -2.55. The van der Waals surface area contributed by atoms with E-state index in [1.54, 1.807) is 11.0 Å². The number of nitrogens with zero attached hydrogens (tertiary/aromatic N) is 1. The summed E-state index contributed by atoms with van der Waals surface area (Å²) in [5.74, 6) is 0.818. The van der Waals surface area contributed by atoms with Gasteiger partial charge in [0.1, 0.15) is 5.75 Å². The van der Waals surface area contributed by atoms with Crippen LogP contribution in [0.25, 0.3) is 0 Å². The van der Waals surface area contributed by atoms with Crippen molar-refractivity contribution in [2.24, 2.45) is 0 Å². The third-order valence-corrected chi connectivity index (χ3v) is 4.01. The van der Waals surface area contributed by atoms with Gasteiger partial charge < -0.3 is 15.4 Å². The number of hydrogen-bond acceptors (Lipinski definition) is 3. The summed E-state index contributed by atoms with van der Waals surface area (Å²) in [5, 5.41) is 0. The van der Waals surface area contributed by atoms with Gasteiger partial charge in [-0.25, -0.2) is 0 Å². The van der Waals surface area contributed by atoms with Gasteiger partial charge in [-0.2, -0.15) is 0 Å². The summed E-state index contributed by atoms with van der Waals surface area (Å²) in [6.45, 7) is 0. The summed E-state index contributed by atoms with van der Waals surface area (Å²) in [5.41, 5.74) is 6.63. The molecule has 18 heavy (non-hydrogen) atoms. The van der Waals surface area contributed by atoms with E-state index in [1.807, 2.05) is 19.2 Å². The Balaban J connectivity index is 2.05. The molecule has 2 N–H and O–H groups in total. The standard InChI is InChI=1S/C14H18N2O2/c1-16-11-6-5-10(15)9-12(11)18-14(13(16)17)7-3-2-4-8-14/h5-6,9H,2-4,7-8,15H2,1H3. The molecule has 1 fully saturated rings. The topological polar surface area (TPSA) is 55.6 Å². The average Bonchev–Trinajstić information content (AvgIpc) is 2.37. The van der Waals surface area contributed by atoms with E-state index < -0.39 is 5.60 Å². The van der Waals surface area contributed by atoms with Crippen molar-refractivity contribution in [1.82, 2.24) is 0 Å². The maximum absolute atomic E-state index is 12.5. The molecule has 2 aliphatic rings. The first-order valence-corrected chi connectivity index (χ1v) is 6.49. The maximum Gasteiger partial charge on any atom is 0.271 e. The van der Waals surface area contributed by atoms with Gasteiger partial charge in [0.2, 0.25) is 0 Å². The van der Waals surface area contributed by atoms with E-state index in [0.717, 1.165) is 37.1 Å². The molecule has 0 bridgehead atoms. The number of amides is 1. The number of nitrogens with two attached hydrogens (primary N) is 1. The first-order valence-electron chi connectivity index (χ1n) is 6.49. The summed E-state index contributed by atoms with van der Waals surface area (Å²) in [4.78, 5) is 14.2. The van der Waals surface area contributed by atoms with Gasteiger partial charge in [-0.1, -0.05) is 6.42 Å². The van der Waals surface area contributed by atoms with Crippen molar-refractivity contribution in [3.05, 3.63) is 18.2 Å². The molecule has 0 unspecified atom stereocenters. The van der Waals surface area contributed by atoms with Crippen LogP contribution in [0.1, 0.15) is 32.1 Å². The Morgan fingerprint density at radius 2 is 2.00 bits per heavy atom. The number of fused-ring (bicyclic) bond motifs is 1. The lowest BCUT2D eigenvalue weighted by Gasteiger charge is -2.43. The summed E-state index contributed by atoms with van der Waals surface area (Å²) in [6.07, 6.45) is 4.91. The first-order chi connectivity index (χ1) is 8.62. The van der Waals surface area contributed by atoms with E-state index >= 15 is 0 Å².